The van der Waals surface area contributed by atoms with E-state index in [1.54, 1.807) is 12.4 Å². The first-order valence-electron chi connectivity index (χ1n) is 5.73. The molecule has 1 N–H and O–H groups in total. The van der Waals surface area contributed by atoms with E-state index < -0.39 is 0 Å². The van der Waals surface area contributed by atoms with Crippen LogP contribution in [-0.2, 0) is 0 Å². The Bertz CT molecular complexity index is 474. The molecule has 0 aliphatic heterocycles. The van der Waals surface area contributed by atoms with Gasteiger partial charge in [-0.25, -0.2) is 0 Å². The second-order valence-electron chi connectivity index (χ2n) is 4.32. The summed E-state index contributed by atoms with van der Waals surface area (Å²) in [5, 5.41) is 11.1. The van der Waals surface area contributed by atoms with Gasteiger partial charge in [0.15, 0.2) is 0 Å². The maximum atomic E-state index is 3.93. The molecule has 1 aromatic carbocycles. The zero-order valence-corrected chi connectivity index (χ0v) is 10.4. The highest BCUT2D eigenvalue weighted by atomic mass is 15.1. The second kappa shape index (κ2) is 5.06. The molecular formula is C14H17N3. The van der Waals surface area contributed by atoms with Crippen molar-refractivity contribution in [3.63, 3.8) is 0 Å². The van der Waals surface area contributed by atoms with E-state index in [1.165, 1.54) is 16.7 Å². The van der Waals surface area contributed by atoms with Crippen LogP contribution in [0.15, 0.2) is 36.7 Å². The molecule has 0 radical (unpaired) electrons. The molecule has 0 aliphatic rings. The largest absolute Gasteiger partial charge is 0.309 e. The molecule has 0 spiro atoms. The fraction of sp³-hybridized carbons (Fsp3) is 0.286. The Morgan fingerprint density at radius 3 is 2.24 bits per heavy atom. The standard InChI is InChI=1S/C14H17N3/c1-10-6-11(2)8-13(7-10)14(15-3)12-4-5-16-17-9-12/h4-9,14-15H,1-3H3. The van der Waals surface area contributed by atoms with Crippen molar-refractivity contribution in [2.24, 2.45) is 0 Å². The summed E-state index contributed by atoms with van der Waals surface area (Å²) in [6, 6.07) is 8.75. The van der Waals surface area contributed by atoms with Gasteiger partial charge in [0.1, 0.15) is 0 Å². The van der Waals surface area contributed by atoms with Crippen LogP contribution >= 0.6 is 0 Å². The quantitative estimate of drug-likeness (QED) is 0.875. The summed E-state index contributed by atoms with van der Waals surface area (Å²) in [4.78, 5) is 0. The van der Waals surface area contributed by atoms with Crippen LogP contribution in [0.25, 0.3) is 0 Å². The summed E-state index contributed by atoms with van der Waals surface area (Å²) in [6.07, 6.45) is 3.53. The molecular weight excluding hydrogens is 210 g/mol. The summed E-state index contributed by atoms with van der Waals surface area (Å²) in [7, 11) is 1.96. The van der Waals surface area contributed by atoms with Crippen LogP contribution < -0.4 is 5.32 Å². The number of nitrogens with one attached hydrogen (secondary N) is 1. The van der Waals surface area contributed by atoms with Crippen molar-refractivity contribution in [3.05, 3.63) is 58.9 Å². The number of aryl methyl sites for hydroxylation is 2. The van der Waals surface area contributed by atoms with E-state index in [-0.39, 0.29) is 6.04 Å². The van der Waals surface area contributed by atoms with Crippen molar-refractivity contribution in [2.45, 2.75) is 19.9 Å². The van der Waals surface area contributed by atoms with Gasteiger partial charge in [0.2, 0.25) is 0 Å². The number of benzene rings is 1. The Morgan fingerprint density at radius 1 is 1.00 bits per heavy atom. The molecule has 0 aliphatic carbocycles. The number of hydrogen-bond donors (Lipinski definition) is 1. The maximum absolute atomic E-state index is 3.93. The third-order valence-electron chi connectivity index (χ3n) is 2.81. The minimum Gasteiger partial charge on any atom is -0.309 e. The van der Waals surface area contributed by atoms with E-state index in [4.69, 9.17) is 0 Å². The first-order chi connectivity index (χ1) is 8.20. The third-order valence-corrected chi connectivity index (χ3v) is 2.81. The van der Waals surface area contributed by atoms with Crippen LogP contribution in [0.2, 0.25) is 0 Å². The van der Waals surface area contributed by atoms with E-state index in [0.717, 1.165) is 5.56 Å². The van der Waals surface area contributed by atoms with Gasteiger partial charge in [0.25, 0.3) is 0 Å². The summed E-state index contributed by atoms with van der Waals surface area (Å²) in [5.74, 6) is 0. The Balaban J connectivity index is 2.42. The van der Waals surface area contributed by atoms with Crippen LogP contribution in [-0.4, -0.2) is 17.2 Å². The number of hydrogen-bond acceptors (Lipinski definition) is 3. The number of aromatic nitrogens is 2. The van der Waals surface area contributed by atoms with Crippen LogP contribution in [0.5, 0.6) is 0 Å². The fourth-order valence-electron chi connectivity index (χ4n) is 2.17. The SMILES string of the molecule is CNC(c1ccnnc1)c1cc(C)cc(C)c1. The lowest BCUT2D eigenvalue weighted by Gasteiger charge is -2.17. The fourth-order valence-corrected chi connectivity index (χ4v) is 2.17. The van der Waals surface area contributed by atoms with Gasteiger partial charge in [-0.2, -0.15) is 10.2 Å². The van der Waals surface area contributed by atoms with Gasteiger partial charge in [-0.3, -0.25) is 0 Å². The van der Waals surface area contributed by atoms with Crippen LogP contribution in [0.4, 0.5) is 0 Å². The topological polar surface area (TPSA) is 37.8 Å². The van der Waals surface area contributed by atoms with Gasteiger partial charge in [0.05, 0.1) is 12.2 Å². The summed E-state index contributed by atoms with van der Waals surface area (Å²) >= 11 is 0. The maximum Gasteiger partial charge on any atom is 0.0590 e. The molecule has 1 heterocycles. The minimum absolute atomic E-state index is 0.170. The highest BCUT2D eigenvalue weighted by molar-refractivity contribution is 5.35. The van der Waals surface area contributed by atoms with Crippen molar-refractivity contribution >= 4 is 0 Å². The number of nitrogens with zero attached hydrogens (tertiary/aromatic N) is 2. The summed E-state index contributed by atoms with van der Waals surface area (Å²) in [5.41, 5.74) is 4.95. The van der Waals surface area contributed by atoms with Crippen molar-refractivity contribution in [2.75, 3.05) is 7.05 Å². The van der Waals surface area contributed by atoms with E-state index in [2.05, 4.69) is 47.6 Å². The lowest BCUT2D eigenvalue weighted by atomic mass is 9.97. The molecule has 88 valence electrons. The molecule has 17 heavy (non-hydrogen) atoms. The van der Waals surface area contributed by atoms with Gasteiger partial charge in [0, 0.05) is 6.20 Å². The van der Waals surface area contributed by atoms with Crippen molar-refractivity contribution in [1.82, 2.24) is 15.5 Å². The highest BCUT2D eigenvalue weighted by Gasteiger charge is 2.12. The molecule has 0 saturated carbocycles. The molecule has 3 nitrogen and oxygen atoms in total. The molecule has 0 fully saturated rings. The first kappa shape index (κ1) is 11.7. The average Bonchev–Trinajstić information content (AvgIpc) is 2.30. The van der Waals surface area contributed by atoms with Gasteiger partial charge >= 0.3 is 0 Å². The smallest absolute Gasteiger partial charge is 0.0590 e. The molecule has 2 aromatic rings. The monoisotopic (exact) mass is 227 g/mol. The van der Waals surface area contributed by atoms with E-state index >= 15 is 0 Å². The Morgan fingerprint density at radius 2 is 1.71 bits per heavy atom. The van der Waals surface area contributed by atoms with Crippen LogP contribution in [0.3, 0.4) is 0 Å². The normalized spacial score (nSPS) is 12.4. The molecule has 0 bridgehead atoms. The number of rotatable bonds is 3. The average molecular weight is 227 g/mol. The van der Waals surface area contributed by atoms with Crippen LogP contribution in [0.1, 0.15) is 28.3 Å². The summed E-state index contributed by atoms with van der Waals surface area (Å²) in [6.45, 7) is 4.24. The molecule has 3 heteroatoms. The first-order valence-corrected chi connectivity index (χ1v) is 5.73. The highest BCUT2D eigenvalue weighted by Crippen LogP contribution is 2.22. The van der Waals surface area contributed by atoms with Gasteiger partial charge < -0.3 is 5.32 Å². The van der Waals surface area contributed by atoms with E-state index in [1.807, 2.05) is 13.1 Å². The molecule has 1 aromatic heterocycles. The molecule has 1 unspecified atom stereocenters. The molecule has 1 atom stereocenters. The van der Waals surface area contributed by atoms with Gasteiger partial charge in [-0.1, -0.05) is 29.3 Å². The third kappa shape index (κ3) is 2.68. The zero-order valence-electron chi connectivity index (χ0n) is 10.4. The van der Waals surface area contributed by atoms with E-state index in [0.29, 0.717) is 0 Å². The molecule has 0 amide bonds. The lowest BCUT2D eigenvalue weighted by Crippen LogP contribution is -2.18. The second-order valence-corrected chi connectivity index (χ2v) is 4.32. The molecule has 0 saturated heterocycles. The minimum atomic E-state index is 0.170. The van der Waals surface area contributed by atoms with E-state index in [9.17, 15) is 0 Å². The summed E-state index contributed by atoms with van der Waals surface area (Å²) < 4.78 is 0. The Labute approximate surface area is 102 Å². The van der Waals surface area contributed by atoms with Crippen molar-refractivity contribution in [1.29, 1.82) is 0 Å². The van der Waals surface area contributed by atoms with Crippen molar-refractivity contribution in [3.8, 4) is 0 Å². The van der Waals surface area contributed by atoms with Gasteiger partial charge in [-0.15, -0.1) is 0 Å². The predicted octanol–water partition coefficient (Wildman–Crippen LogP) is 2.40. The lowest BCUT2D eigenvalue weighted by molar-refractivity contribution is 0.684. The van der Waals surface area contributed by atoms with Crippen LogP contribution in [0, 0.1) is 13.8 Å². The zero-order chi connectivity index (χ0) is 12.3. The van der Waals surface area contributed by atoms with Crippen molar-refractivity contribution < 1.29 is 0 Å². The predicted molar refractivity (Wildman–Crippen MR) is 68.9 cm³/mol. The Hall–Kier alpha value is -1.74. The molecule has 2 rings (SSSR count). The Kier molecular flexibility index (Phi) is 3.49. The van der Waals surface area contributed by atoms with Gasteiger partial charge in [-0.05, 0) is 38.1 Å².